The van der Waals surface area contributed by atoms with Gasteiger partial charge >= 0.3 is 6.18 Å². The minimum absolute atomic E-state index is 0.00678. The summed E-state index contributed by atoms with van der Waals surface area (Å²) in [5.74, 6) is -2.03. The number of nitrogens with one attached hydrogen (secondary N) is 1. The summed E-state index contributed by atoms with van der Waals surface area (Å²) < 4.78 is 43.9. The molecule has 4 aromatic heterocycles. The van der Waals surface area contributed by atoms with Crippen LogP contribution < -0.4 is 11.1 Å². The third-order valence-corrected chi connectivity index (χ3v) is 6.75. The Hall–Kier alpha value is -3.45. The Morgan fingerprint density at radius 1 is 1.26 bits per heavy atom. The van der Waals surface area contributed by atoms with Crippen LogP contribution in [0.2, 0.25) is 5.02 Å². The van der Waals surface area contributed by atoms with Crippen molar-refractivity contribution in [2.75, 3.05) is 5.32 Å². The molecule has 0 radical (unpaired) electrons. The fraction of sp³-hybridized carbons (Fsp3) is 0.286. The number of nitrogens with two attached hydrogens (primary N) is 1. The molecule has 0 spiro atoms. The number of hydrogen-bond donors (Lipinski definition) is 2. The van der Waals surface area contributed by atoms with E-state index in [1.54, 1.807) is 27.1 Å². The van der Waals surface area contributed by atoms with E-state index in [0.29, 0.717) is 27.6 Å². The minimum Gasteiger partial charge on any atom is -0.365 e. The van der Waals surface area contributed by atoms with Gasteiger partial charge in [0, 0.05) is 29.9 Å². The third kappa shape index (κ3) is 4.73. The highest BCUT2D eigenvalue weighted by molar-refractivity contribution is 7.21. The lowest BCUT2D eigenvalue weighted by Gasteiger charge is -2.15. The Labute approximate surface area is 205 Å². The van der Waals surface area contributed by atoms with Gasteiger partial charge in [-0.05, 0) is 18.6 Å². The van der Waals surface area contributed by atoms with Gasteiger partial charge in [-0.2, -0.15) is 23.4 Å². The molecule has 3 N–H and O–H groups in total. The molecule has 1 unspecified atom stereocenters. The van der Waals surface area contributed by atoms with Crippen molar-refractivity contribution in [3.05, 3.63) is 45.9 Å². The van der Waals surface area contributed by atoms with E-state index in [2.05, 4.69) is 20.5 Å². The Morgan fingerprint density at radius 2 is 1.97 bits per heavy atom. The van der Waals surface area contributed by atoms with E-state index >= 15 is 0 Å². The topological polar surface area (TPSA) is 121 Å². The summed E-state index contributed by atoms with van der Waals surface area (Å²) in [6, 6.07) is 0.884. The largest absolute Gasteiger partial charge is 0.433 e. The minimum atomic E-state index is -4.74. The molecule has 2 amide bonds. The number of alkyl halides is 3. The predicted octanol–water partition coefficient (Wildman–Crippen LogP) is 4.25. The Bertz CT molecular complexity index is 1460. The summed E-state index contributed by atoms with van der Waals surface area (Å²) >= 11 is 6.55. The molecule has 4 rings (SSSR count). The number of amides is 2. The molecule has 0 bridgehead atoms. The second kappa shape index (κ2) is 8.96. The van der Waals surface area contributed by atoms with Crippen LogP contribution in [0.4, 0.5) is 18.9 Å². The van der Waals surface area contributed by atoms with E-state index in [0.717, 1.165) is 6.07 Å². The van der Waals surface area contributed by atoms with Crippen molar-refractivity contribution in [2.45, 2.75) is 26.6 Å². The first-order valence-electron chi connectivity index (χ1n) is 10.2. The van der Waals surface area contributed by atoms with Crippen LogP contribution in [-0.4, -0.2) is 36.4 Å². The number of primary amides is 1. The maximum Gasteiger partial charge on any atom is 0.433 e. The highest BCUT2D eigenvalue weighted by atomic mass is 35.5. The predicted molar refractivity (Wildman–Crippen MR) is 125 cm³/mol. The molecule has 0 aliphatic rings. The standard InChI is InChI=1S/C21H19ClF3N7O2S/c1-9(7-32-8-11(22)5-28-32)19(34)30-16-15-12(13-6-27-31(3)10(13)2)4-14(21(23,24)25)29-20(15)35-17(16)18(26)33/h4-6,8-9H,7H2,1-3H3,(H2,26,33)(H,30,34). The van der Waals surface area contributed by atoms with E-state index in [-0.39, 0.29) is 32.9 Å². The van der Waals surface area contributed by atoms with Crippen molar-refractivity contribution in [3.63, 3.8) is 0 Å². The maximum absolute atomic E-state index is 13.7. The fourth-order valence-electron chi connectivity index (χ4n) is 3.56. The lowest BCUT2D eigenvalue weighted by atomic mass is 10.0. The lowest BCUT2D eigenvalue weighted by Crippen LogP contribution is -2.25. The number of carbonyl (C=O) groups is 2. The third-order valence-electron chi connectivity index (χ3n) is 5.46. The monoisotopic (exact) mass is 525 g/mol. The van der Waals surface area contributed by atoms with Gasteiger partial charge in [0.1, 0.15) is 15.4 Å². The normalized spacial score (nSPS) is 12.8. The number of nitrogens with zero attached hydrogens (tertiary/aromatic N) is 5. The van der Waals surface area contributed by atoms with Gasteiger partial charge in [0.2, 0.25) is 5.91 Å². The van der Waals surface area contributed by atoms with E-state index < -0.39 is 29.6 Å². The number of anilines is 1. The number of rotatable bonds is 6. The van der Waals surface area contributed by atoms with Crippen LogP contribution in [0.5, 0.6) is 0 Å². The van der Waals surface area contributed by atoms with Gasteiger partial charge in [0.15, 0.2) is 0 Å². The smallest absolute Gasteiger partial charge is 0.365 e. The van der Waals surface area contributed by atoms with Crippen molar-refractivity contribution in [2.24, 2.45) is 18.7 Å². The average molecular weight is 526 g/mol. The van der Waals surface area contributed by atoms with Crippen molar-refractivity contribution in [3.8, 4) is 11.1 Å². The van der Waals surface area contributed by atoms with E-state index in [9.17, 15) is 22.8 Å². The molecule has 0 aliphatic carbocycles. The number of halogens is 4. The SMILES string of the molecule is Cc1c(-c2cc(C(F)(F)F)nc3sc(C(N)=O)c(NC(=O)C(C)Cn4cc(Cl)cn4)c23)cnn1C. The van der Waals surface area contributed by atoms with E-state index in [4.69, 9.17) is 17.3 Å². The zero-order valence-electron chi connectivity index (χ0n) is 18.6. The zero-order chi connectivity index (χ0) is 25.7. The summed E-state index contributed by atoms with van der Waals surface area (Å²) in [5.41, 5.74) is 5.50. The van der Waals surface area contributed by atoms with Gasteiger partial charge in [0.25, 0.3) is 5.91 Å². The Kier molecular flexibility index (Phi) is 6.32. The van der Waals surface area contributed by atoms with Crippen LogP contribution in [0.3, 0.4) is 0 Å². The van der Waals surface area contributed by atoms with Gasteiger partial charge in [0.05, 0.1) is 35.6 Å². The highest BCUT2D eigenvalue weighted by Crippen LogP contribution is 2.44. The van der Waals surface area contributed by atoms with Crippen molar-refractivity contribution in [1.29, 1.82) is 0 Å². The van der Waals surface area contributed by atoms with Crippen LogP contribution in [0, 0.1) is 12.8 Å². The fourth-order valence-corrected chi connectivity index (χ4v) is 4.72. The average Bonchev–Trinajstić information content (AvgIpc) is 3.45. The summed E-state index contributed by atoms with van der Waals surface area (Å²) in [5, 5.41) is 11.4. The van der Waals surface area contributed by atoms with Gasteiger partial charge < -0.3 is 11.1 Å². The quantitative estimate of drug-likeness (QED) is 0.390. The summed E-state index contributed by atoms with van der Waals surface area (Å²) in [6.45, 7) is 3.51. The Balaban J connectivity index is 1.87. The molecule has 4 aromatic rings. The molecule has 0 fully saturated rings. The maximum atomic E-state index is 13.7. The molecule has 4 heterocycles. The molecule has 0 saturated heterocycles. The molecular weight excluding hydrogens is 507 g/mol. The van der Waals surface area contributed by atoms with E-state index in [1.807, 2.05) is 0 Å². The molecule has 0 saturated carbocycles. The summed E-state index contributed by atoms with van der Waals surface area (Å²) in [7, 11) is 1.65. The Morgan fingerprint density at radius 3 is 2.51 bits per heavy atom. The van der Waals surface area contributed by atoms with Crippen LogP contribution in [0.15, 0.2) is 24.7 Å². The number of aromatic nitrogens is 5. The van der Waals surface area contributed by atoms with Crippen molar-refractivity contribution in [1.82, 2.24) is 24.5 Å². The number of hydrogen-bond acceptors (Lipinski definition) is 6. The van der Waals surface area contributed by atoms with Crippen LogP contribution >= 0.6 is 22.9 Å². The molecule has 35 heavy (non-hydrogen) atoms. The van der Waals surface area contributed by atoms with Gasteiger partial charge in [-0.25, -0.2) is 4.98 Å². The van der Waals surface area contributed by atoms with Gasteiger partial charge in [-0.3, -0.25) is 19.0 Å². The number of carbonyl (C=O) groups excluding carboxylic acids is 2. The van der Waals surface area contributed by atoms with Crippen LogP contribution in [0.25, 0.3) is 21.3 Å². The first-order valence-corrected chi connectivity index (χ1v) is 11.4. The second-order valence-electron chi connectivity index (χ2n) is 7.94. The first kappa shape index (κ1) is 24.7. The van der Waals surface area contributed by atoms with Gasteiger partial charge in [-0.1, -0.05) is 18.5 Å². The molecule has 14 heteroatoms. The molecule has 184 valence electrons. The summed E-state index contributed by atoms with van der Waals surface area (Å²) in [4.78, 5) is 28.8. The summed E-state index contributed by atoms with van der Waals surface area (Å²) in [6.07, 6.45) is -0.345. The molecule has 1 atom stereocenters. The number of aryl methyl sites for hydroxylation is 1. The molecular formula is C21H19ClF3N7O2S. The molecule has 0 aliphatic heterocycles. The van der Waals surface area contributed by atoms with Gasteiger partial charge in [-0.15, -0.1) is 11.3 Å². The zero-order valence-corrected chi connectivity index (χ0v) is 20.2. The van der Waals surface area contributed by atoms with Crippen LogP contribution in [-0.2, 0) is 24.6 Å². The van der Waals surface area contributed by atoms with Crippen molar-refractivity contribution >= 4 is 50.7 Å². The number of thiophene rings is 1. The molecule has 9 nitrogen and oxygen atoms in total. The first-order chi connectivity index (χ1) is 16.4. The second-order valence-corrected chi connectivity index (χ2v) is 9.38. The van der Waals surface area contributed by atoms with Crippen LogP contribution in [0.1, 0.15) is 28.0 Å². The number of pyridine rings is 1. The highest BCUT2D eigenvalue weighted by Gasteiger charge is 2.35. The van der Waals surface area contributed by atoms with Crippen molar-refractivity contribution < 1.29 is 22.8 Å². The number of fused-ring (bicyclic) bond motifs is 1. The van der Waals surface area contributed by atoms with E-state index in [1.165, 1.54) is 21.8 Å². The molecule has 0 aromatic carbocycles. The lowest BCUT2D eigenvalue weighted by molar-refractivity contribution is -0.140.